The van der Waals surface area contributed by atoms with Crippen molar-refractivity contribution in [1.29, 1.82) is 0 Å². The maximum atomic E-state index is 12.3. The number of sulfonamides is 1. The Morgan fingerprint density at radius 3 is 2.67 bits per heavy atom. The number of rotatable bonds is 5. The third kappa shape index (κ3) is 3.82. The molecule has 0 aliphatic carbocycles. The van der Waals surface area contributed by atoms with Crippen molar-refractivity contribution in [2.45, 2.75) is 24.4 Å². The predicted octanol–water partition coefficient (Wildman–Crippen LogP) is 2.14. The molecule has 21 heavy (non-hydrogen) atoms. The van der Waals surface area contributed by atoms with Gasteiger partial charge in [-0.3, -0.25) is 0 Å². The Bertz CT molecular complexity index is 728. The Balaban J connectivity index is 2.16. The summed E-state index contributed by atoms with van der Waals surface area (Å²) in [5, 5.41) is 7.96. The molecule has 1 N–H and O–H groups in total. The highest BCUT2D eigenvalue weighted by atomic mass is 79.9. The molecule has 0 spiro atoms. The lowest BCUT2D eigenvalue weighted by atomic mass is 10.1. The van der Waals surface area contributed by atoms with Crippen molar-refractivity contribution < 1.29 is 8.42 Å². The molecule has 0 bridgehead atoms. The van der Waals surface area contributed by atoms with E-state index in [9.17, 15) is 8.42 Å². The van der Waals surface area contributed by atoms with Crippen molar-refractivity contribution in [3.05, 3.63) is 39.5 Å². The number of hydrogen-bond acceptors (Lipinski definition) is 4. The average Bonchev–Trinajstić information content (AvgIpc) is 2.71. The normalized spacial score (nSPS) is 13.3. The molecule has 0 fully saturated rings. The first kappa shape index (κ1) is 16.4. The Hall–Kier alpha value is -0.960. The van der Waals surface area contributed by atoms with Crippen LogP contribution in [0.25, 0.3) is 0 Å². The molecule has 0 aliphatic rings. The fourth-order valence-electron chi connectivity index (χ4n) is 1.96. The van der Waals surface area contributed by atoms with Gasteiger partial charge in [-0.25, -0.2) is 17.8 Å². The predicted molar refractivity (Wildman–Crippen MR) is 83.6 cm³/mol. The molecule has 114 valence electrons. The van der Waals surface area contributed by atoms with Crippen LogP contribution in [-0.2, 0) is 23.5 Å². The molecule has 0 amide bonds. The van der Waals surface area contributed by atoms with Gasteiger partial charge >= 0.3 is 0 Å². The molecule has 0 saturated carbocycles. The number of aromatic nitrogens is 3. The molecule has 0 radical (unpaired) electrons. The van der Waals surface area contributed by atoms with E-state index in [1.165, 1.54) is 11.7 Å². The fourth-order valence-corrected chi connectivity index (χ4v) is 4.52. The van der Waals surface area contributed by atoms with Crippen LogP contribution in [0.15, 0.2) is 33.9 Å². The number of benzene rings is 1. The van der Waals surface area contributed by atoms with Crippen molar-refractivity contribution >= 4 is 37.6 Å². The molecule has 1 heterocycles. The Morgan fingerprint density at radius 1 is 1.43 bits per heavy atom. The van der Waals surface area contributed by atoms with Crippen molar-refractivity contribution in [1.82, 2.24) is 19.7 Å². The first-order chi connectivity index (χ1) is 9.81. The lowest BCUT2D eigenvalue weighted by molar-refractivity contribution is 0.542. The number of aryl methyl sites for hydroxylation is 1. The SMILES string of the molecule is CC(Cc1ccccc1Cl)NS(=O)(=O)c1c(Br)nnn1C. The molecule has 0 saturated heterocycles. The minimum atomic E-state index is -3.71. The lowest BCUT2D eigenvalue weighted by Gasteiger charge is -2.15. The van der Waals surface area contributed by atoms with Crippen LogP contribution in [0.4, 0.5) is 0 Å². The summed E-state index contributed by atoms with van der Waals surface area (Å²) in [6, 6.07) is 7.02. The highest BCUT2D eigenvalue weighted by molar-refractivity contribution is 9.10. The van der Waals surface area contributed by atoms with E-state index >= 15 is 0 Å². The monoisotopic (exact) mass is 392 g/mol. The van der Waals surface area contributed by atoms with Gasteiger partial charge in [0.15, 0.2) is 4.60 Å². The van der Waals surface area contributed by atoms with Gasteiger partial charge in [-0.1, -0.05) is 35.0 Å². The first-order valence-electron chi connectivity index (χ1n) is 6.12. The Labute approximate surface area is 136 Å². The van der Waals surface area contributed by atoms with Gasteiger partial charge in [0.05, 0.1) is 0 Å². The van der Waals surface area contributed by atoms with E-state index in [0.717, 1.165) is 5.56 Å². The molecule has 2 rings (SSSR count). The number of hydrogen-bond donors (Lipinski definition) is 1. The summed E-state index contributed by atoms with van der Waals surface area (Å²) in [5.41, 5.74) is 0.886. The Morgan fingerprint density at radius 2 is 2.10 bits per heavy atom. The second kappa shape index (κ2) is 6.43. The molecule has 2 aromatic rings. The quantitative estimate of drug-likeness (QED) is 0.844. The van der Waals surface area contributed by atoms with Crippen molar-refractivity contribution in [3.8, 4) is 0 Å². The third-order valence-corrected chi connectivity index (χ3v) is 5.68. The summed E-state index contributed by atoms with van der Waals surface area (Å²) in [5.74, 6) is 0. The molecular formula is C12H14BrClN4O2S. The molecule has 1 unspecified atom stereocenters. The van der Waals surface area contributed by atoms with Gasteiger partial charge in [-0.05, 0) is 40.9 Å². The van der Waals surface area contributed by atoms with Crippen molar-refractivity contribution in [2.24, 2.45) is 7.05 Å². The van der Waals surface area contributed by atoms with E-state index in [-0.39, 0.29) is 15.7 Å². The van der Waals surface area contributed by atoms with Crippen LogP contribution in [0.3, 0.4) is 0 Å². The van der Waals surface area contributed by atoms with Gasteiger partial charge in [-0.15, -0.1) is 5.10 Å². The second-order valence-electron chi connectivity index (χ2n) is 4.63. The number of nitrogens with zero attached hydrogens (tertiary/aromatic N) is 3. The minimum absolute atomic E-state index is 0.00601. The zero-order chi connectivity index (χ0) is 15.6. The molecular weight excluding hydrogens is 380 g/mol. The zero-order valence-electron chi connectivity index (χ0n) is 11.4. The van der Waals surface area contributed by atoms with Gasteiger partial charge in [0, 0.05) is 18.1 Å². The Kier molecular flexibility index (Phi) is 5.03. The fraction of sp³-hybridized carbons (Fsp3) is 0.333. The van der Waals surface area contributed by atoms with E-state index in [1.807, 2.05) is 18.2 Å². The molecule has 1 aromatic heterocycles. The van der Waals surface area contributed by atoms with Crippen LogP contribution >= 0.6 is 27.5 Å². The lowest BCUT2D eigenvalue weighted by Crippen LogP contribution is -2.35. The van der Waals surface area contributed by atoms with Crippen LogP contribution in [0.5, 0.6) is 0 Å². The number of halogens is 2. The molecule has 9 heteroatoms. The van der Waals surface area contributed by atoms with Gasteiger partial charge in [0.1, 0.15) is 0 Å². The summed E-state index contributed by atoms with van der Waals surface area (Å²) in [7, 11) is -2.19. The van der Waals surface area contributed by atoms with Crippen molar-refractivity contribution in [2.75, 3.05) is 0 Å². The van der Waals surface area contributed by atoms with Gasteiger partial charge in [0.25, 0.3) is 10.0 Å². The molecule has 1 atom stereocenters. The van der Waals surface area contributed by atoms with Crippen LogP contribution in [0, 0.1) is 0 Å². The summed E-state index contributed by atoms with van der Waals surface area (Å²) in [6.45, 7) is 1.78. The summed E-state index contributed by atoms with van der Waals surface area (Å²) in [6.07, 6.45) is 0.488. The average molecular weight is 394 g/mol. The first-order valence-corrected chi connectivity index (χ1v) is 8.77. The zero-order valence-corrected chi connectivity index (χ0v) is 14.6. The van der Waals surface area contributed by atoms with Gasteiger partial charge in [0.2, 0.25) is 5.03 Å². The van der Waals surface area contributed by atoms with Gasteiger partial charge < -0.3 is 0 Å². The van der Waals surface area contributed by atoms with Crippen LogP contribution in [0.1, 0.15) is 12.5 Å². The highest BCUT2D eigenvalue weighted by Gasteiger charge is 2.25. The van der Waals surface area contributed by atoms with E-state index in [4.69, 9.17) is 11.6 Å². The maximum absolute atomic E-state index is 12.3. The number of nitrogens with one attached hydrogen (secondary N) is 1. The van der Waals surface area contributed by atoms with Crippen LogP contribution in [-0.4, -0.2) is 29.5 Å². The summed E-state index contributed by atoms with van der Waals surface area (Å²) < 4.78 is 28.7. The van der Waals surface area contributed by atoms with E-state index < -0.39 is 10.0 Å². The second-order valence-corrected chi connectivity index (χ2v) is 7.41. The summed E-state index contributed by atoms with van der Waals surface area (Å²) >= 11 is 9.17. The van der Waals surface area contributed by atoms with Gasteiger partial charge in [-0.2, -0.15) is 0 Å². The largest absolute Gasteiger partial charge is 0.260 e. The molecule has 0 aliphatic heterocycles. The topological polar surface area (TPSA) is 76.9 Å². The minimum Gasteiger partial charge on any atom is -0.235 e. The van der Waals surface area contributed by atoms with E-state index in [2.05, 4.69) is 31.0 Å². The van der Waals surface area contributed by atoms with Crippen LogP contribution < -0.4 is 4.72 Å². The third-order valence-electron chi connectivity index (χ3n) is 2.83. The highest BCUT2D eigenvalue weighted by Crippen LogP contribution is 2.20. The smallest absolute Gasteiger partial charge is 0.235 e. The van der Waals surface area contributed by atoms with E-state index in [1.54, 1.807) is 13.0 Å². The van der Waals surface area contributed by atoms with E-state index in [0.29, 0.717) is 11.4 Å². The molecule has 1 aromatic carbocycles. The van der Waals surface area contributed by atoms with Crippen molar-refractivity contribution in [3.63, 3.8) is 0 Å². The van der Waals surface area contributed by atoms with Crippen LogP contribution in [0.2, 0.25) is 5.02 Å². The standard InChI is InChI=1S/C12H14BrClN4O2S/c1-8(7-9-5-3-4-6-10(9)14)16-21(19,20)12-11(13)15-17-18(12)2/h3-6,8,16H,7H2,1-2H3. The maximum Gasteiger partial charge on any atom is 0.260 e. The summed E-state index contributed by atoms with van der Waals surface area (Å²) in [4.78, 5) is 0. The molecule has 6 nitrogen and oxygen atoms in total.